The smallest absolute Gasteiger partial charge is 0.242 e. The van der Waals surface area contributed by atoms with Crippen molar-refractivity contribution in [3.63, 3.8) is 0 Å². The zero-order valence-corrected chi connectivity index (χ0v) is 21.1. The molecule has 4 atom stereocenters. The lowest BCUT2D eigenvalue weighted by molar-refractivity contribution is -0.139. The first-order chi connectivity index (χ1) is 15.8. The Morgan fingerprint density at radius 3 is 2.55 bits per heavy atom. The highest BCUT2D eigenvalue weighted by atomic mass is 16.3. The predicted molar refractivity (Wildman–Crippen MR) is 134 cm³/mol. The monoisotopic (exact) mass is 459 g/mol. The molecule has 6 nitrogen and oxygen atoms in total. The Morgan fingerprint density at radius 2 is 1.82 bits per heavy atom. The summed E-state index contributed by atoms with van der Waals surface area (Å²) in [5.74, 6) is 0.215. The molecule has 186 valence electrons. The molecule has 1 aliphatic rings. The molecule has 1 aromatic rings. The molecule has 2 rings (SSSR count). The molecule has 1 aliphatic heterocycles. The molecule has 0 radical (unpaired) electrons. The third-order valence-electron chi connectivity index (χ3n) is 6.90. The first-order valence-corrected chi connectivity index (χ1v) is 12.8. The van der Waals surface area contributed by atoms with Crippen molar-refractivity contribution in [1.29, 1.82) is 0 Å². The Bertz CT molecular complexity index is 739. The number of hydrogen-bond donors (Lipinski definition) is 3. The van der Waals surface area contributed by atoms with Gasteiger partial charge in [-0.2, -0.15) is 0 Å². The van der Waals surface area contributed by atoms with Crippen molar-refractivity contribution in [2.75, 3.05) is 13.6 Å². The standard InChI is InChI=1S/C27H45N3O3/c1-20-13-11-14-23(16-20)18-28-19-25(31)24-17-21(2)12-9-7-5-6-8-10-15-26(32)30(4)22(3)27(33)29-24/h11,13-14,16,21-22,24-25,28,31H,5-10,12,15,17-19H2,1-4H3,(H,29,33)/t21-,22+,24?,25?/m1/s1. The molecule has 0 bridgehead atoms. The number of benzene rings is 1. The predicted octanol–water partition coefficient (Wildman–Crippen LogP) is 3.94. The Balaban J connectivity index is 2.02. The third-order valence-corrected chi connectivity index (χ3v) is 6.90. The van der Waals surface area contributed by atoms with Gasteiger partial charge in [-0.05, 0) is 38.2 Å². The minimum absolute atomic E-state index is 0.00929. The molecule has 1 aromatic carbocycles. The zero-order chi connectivity index (χ0) is 24.2. The van der Waals surface area contributed by atoms with E-state index in [1.807, 2.05) is 6.07 Å². The van der Waals surface area contributed by atoms with E-state index in [1.165, 1.54) is 30.4 Å². The number of aliphatic hydroxyl groups excluding tert-OH is 1. The summed E-state index contributed by atoms with van der Waals surface area (Å²) in [7, 11) is 1.70. The zero-order valence-electron chi connectivity index (χ0n) is 21.1. The van der Waals surface area contributed by atoms with Crippen molar-refractivity contribution in [3.8, 4) is 0 Å². The van der Waals surface area contributed by atoms with Gasteiger partial charge in [0.05, 0.1) is 12.1 Å². The Kier molecular flexibility index (Phi) is 11.9. The molecule has 3 N–H and O–H groups in total. The lowest BCUT2D eigenvalue weighted by Gasteiger charge is -2.31. The maximum Gasteiger partial charge on any atom is 0.242 e. The van der Waals surface area contributed by atoms with E-state index in [0.29, 0.717) is 25.4 Å². The fourth-order valence-corrected chi connectivity index (χ4v) is 4.54. The van der Waals surface area contributed by atoms with Gasteiger partial charge in [-0.15, -0.1) is 0 Å². The molecule has 1 fully saturated rings. The third kappa shape index (κ3) is 9.85. The van der Waals surface area contributed by atoms with E-state index in [0.717, 1.165) is 32.1 Å². The number of nitrogens with zero attached hydrogens (tertiary/aromatic N) is 1. The molecule has 2 unspecified atom stereocenters. The number of aliphatic hydroxyl groups is 1. The first kappa shape index (κ1) is 27.3. The van der Waals surface area contributed by atoms with Gasteiger partial charge in [0.2, 0.25) is 11.8 Å². The average molecular weight is 460 g/mol. The topological polar surface area (TPSA) is 81.7 Å². The van der Waals surface area contributed by atoms with E-state index in [2.05, 4.69) is 42.7 Å². The van der Waals surface area contributed by atoms with Crippen LogP contribution in [0.2, 0.25) is 0 Å². The summed E-state index contributed by atoms with van der Waals surface area (Å²) in [6, 6.07) is 7.39. The highest BCUT2D eigenvalue weighted by molar-refractivity contribution is 5.87. The van der Waals surface area contributed by atoms with Crippen LogP contribution >= 0.6 is 0 Å². The van der Waals surface area contributed by atoms with Gasteiger partial charge in [0.25, 0.3) is 0 Å². The number of likely N-dealkylation sites (N-methyl/N-ethyl adjacent to an activating group) is 1. The molecule has 1 heterocycles. The molecule has 0 aromatic heterocycles. The van der Waals surface area contributed by atoms with Crippen molar-refractivity contribution >= 4 is 11.8 Å². The van der Waals surface area contributed by atoms with Gasteiger partial charge < -0.3 is 20.6 Å². The summed E-state index contributed by atoms with van der Waals surface area (Å²) in [6.45, 7) is 7.10. The molecule has 0 aliphatic carbocycles. The number of carbonyl (C=O) groups is 2. The second-order valence-electron chi connectivity index (χ2n) is 9.98. The highest BCUT2D eigenvalue weighted by Gasteiger charge is 2.28. The van der Waals surface area contributed by atoms with Crippen LogP contribution in [0.3, 0.4) is 0 Å². The van der Waals surface area contributed by atoms with E-state index in [1.54, 1.807) is 18.9 Å². The first-order valence-electron chi connectivity index (χ1n) is 12.8. The average Bonchev–Trinajstić information content (AvgIpc) is 2.78. The molecule has 2 amide bonds. The van der Waals surface area contributed by atoms with Gasteiger partial charge in [-0.3, -0.25) is 9.59 Å². The van der Waals surface area contributed by atoms with Gasteiger partial charge in [0, 0.05) is 26.6 Å². The molecule has 33 heavy (non-hydrogen) atoms. The van der Waals surface area contributed by atoms with Gasteiger partial charge in [0.1, 0.15) is 6.04 Å². The molecule has 0 spiro atoms. The van der Waals surface area contributed by atoms with E-state index < -0.39 is 12.1 Å². The minimum Gasteiger partial charge on any atom is -0.390 e. The van der Waals surface area contributed by atoms with E-state index in [-0.39, 0.29) is 17.9 Å². The van der Waals surface area contributed by atoms with E-state index >= 15 is 0 Å². The van der Waals surface area contributed by atoms with Crippen molar-refractivity contribution in [2.24, 2.45) is 5.92 Å². The van der Waals surface area contributed by atoms with Crippen LogP contribution < -0.4 is 10.6 Å². The Hall–Kier alpha value is -1.92. The second-order valence-corrected chi connectivity index (χ2v) is 9.98. The molecular formula is C27H45N3O3. The van der Waals surface area contributed by atoms with Gasteiger partial charge in [-0.1, -0.05) is 75.3 Å². The number of carbonyl (C=O) groups excluding carboxylic acids is 2. The van der Waals surface area contributed by atoms with Crippen molar-refractivity contribution < 1.29 is 14.7 Å². The van der Waals surface area contributed by atoms with E-state index in [9.17, 15) is 14.7 Å². The van der Waals surface area contributed by atoms with Crippen molar-refractivity contribution in [3.05, 3.63) is 35.4 Å². The van der Waals surface area contributed by atoms with Crippen LogP contribution in [0.25, 0.3) is 0 Å². The van der Waals surface area contributed by atoms with Crippen LogP contribution in [0.4, 0.5) is 0 Å². The van der Waals surface area contributed by atoms with Crippen LogP contribution in [-0.2, 0) is 16.1 Å². The number of rotatable bonds is 5. The van der Waals surface area contributed by atoms with Crippen LogP contribution in [0.5, 0.6) is 0 Å². The molecule has 0 saturated carbocycles. The maximum atomic E-state index is 13.0. The normalized spacial score (nSPS) is 25.5. The molecule has 1 saturated heterocycles. The summed E-state index contributed by atoms with van der Waals surface area (Å²) in [4.78, 5) is 27.0. The van der Waals surface area contributed by atoms with E-state index in [4.69, 9.17) is 0 Å². The summed E-state index contributed by atoms with van der Waals surface area (Å²) >= 11 is 0. The number of hydrogen-bond acceptors (Lipinski definition) is 4. The largest absolute Gasteiger partial charge is 0.390 e. The van der Waals surface area contributed by atoms with Crippen molar-refractivity contribution in [2.45, 2.75) is 103 Å². The highest BCUT2D eigenvalue weighted by Crippen LogP contribution is 2.19. The number of amides is 2. The number of nitrogens with one attached hydrogen (secondary N) is 2. The molecular weight excluding hydrogens is 414 g/mol. The van der Waals surface area contributed by atoms with Crippen molar-refractivity contribution in [1.82, 2.24) is 15.5 Å². The van der Waals surface area contributed by atoms with Crippen LogP contribution in [0, 0.1) is 12.8 Å². The lowest BCUT2D eigenvalue weighted by atomic mass is 9.92. The lowest BCUT2D eigenvalue weighted by Crippen LogP contribution is -2.53. The van der Waals surface area contributed by atoms with Crippen LogP contribution in [-0.4, -0.2) is 53.6 Å². The minimum atomic E-state index is -0.701. The molecule has 6 heteroatoms. The maximum absolute atomic E-state index is 13.0. The van der Waals surface area contributed by atoms with Gasteiger partial charge in [0.15, 0.2) is 0 Å². The van der Waals surface area contributed by atoms with Gasteiger partial charge in [-0.25, -0.2) is 0 Å². The quantitative estimate of drug-likeness (QED) is 0.623. The Labute approximate surface area is 200 Å². The van der Waals surface area contributed by atoms with Crippen LogP contribution in [0.15, 0.2) is 24.3 Å². The fourth-order valence-electron chi connectivity index (χ4n) is 4.54. The Morgan fingerprint density at radius 1 is 1.12 bits per heavy atom. The summed E-state index contributed by atoms with van der Waals surface area (Å²) in [5, 5.41) is 17.4. The fraction of sp³-hybridized carbons (Fsp3) is 0.704. The number of aryl methyl sites for hydroxylation is 1. The summed E-state index contributed by atoms with van der Waals surface area (Å²) < 4.78 is 0. The summed E-state index contributed by atoms with van der Waals surface area (Å²) in [5.41, 5.74) is 2.38. The SMILES string of the molecule is Cc1cccc(CNCC(O)C2C[C@H](C)CCCCCCCCC(=O)N(C)[C@@H](C)C(=O)N2)c1. The van der Waals surface area contributed by atoms with Gasteiger partial charge >= 0.3 is 0 Å². The van der Waals surface area contributed by atoms with Crippen LogP contribution in [0.1, 0.15) is 82.8 Å². The second kappa shape index (κ2) is 14.4. The summed E-state index contributed by atoms with van der Waals surface area (Å²) in [6.07, 6.45) is 8.30.